The summed E-state index contributed by atoms with van der Waals surface area (Å²) in [6, 6.07) is 4.38. The van der Waals surface area contributed by atoms with Crippen molar-refractivity contribution in [3.8, 4) is 0 Å². The lowest BCUT2D eigenvalue weighted by Crippen LogP contribution is -2.15. The van der Waals surface area contributed by atoms with Crippen molar-refractivity contribution in [2.75, 3.05) is 19.0 Å². The molecule has 0 saturated heterocycles. The summed E-state index contributed by atoms with van der Waals surface area (Å²) >= 11 is 4.51. The second-order valence-electron chi connectivity index (χ2n) is 5.18. The molecule has 0 unspecified atom stereocenters. The third kappa shape index (κ3) is 2.73. The first-order valence-corrected chi connectivity index (χ1v) is 6.33. The molecule has 0 aliphatic rings. The van der Waals surface area contributed by atoms with Gasteiger partial charge in [0.15, 0.2) is 0 Å². The summed E-state index contributed by atoms with van der Waals surface area (Å²) in [5.74, 6) is 1.06. The fraction of sp³-hybridized carbons (Fsp3) is 0.571. The average molecular weight is 237 g/mol. The summed E-state index contributed by atoms with van der Waals surface area (Å²) in [4.78, 5) is 3.29. The van der Waals surface area contributed by atoms with Gasteiger partial charge in [-0.15, -0.1) is 12.6 Å². The summed E-state index contributed by atoms with van der Waals surface area (Å²) in [5, 5.41) is 0. The lowest BCUT2D eigenvalue weighted by molar-refractivity contribution is 0.816. The first kappa shape index (κ1) is 13.4. The van der Waals surface area contributed by atoms with Crippen LogP contribution < -0.4 is 4.90 Å². The smallest absolute Gasteiger partial charge is 0.0432 e. The summed E-state index contributed by atoms with van der Waals surface area (Å²) < 4.78 is 0. The van der Waals surface area contributed by atoms with E-state index in [4.69, 9.17) is 0 Å². The number of nitrogens with zero attached hydrogens (tertiary/aromatic N) is 1. The molecule has 16 heavy (non-hydrogen) atoms. The monoisotopic (exact) mass is 237 g/mol. The van der Waals surface area contributed by atoms with Gasteiger partial charge in [0.2, 0.25) is 0 Å². The van der Waals surface area contributed by atoms with Gasteiger partial charge in [-0.1, -0.05) is 27.7 Å². The van der Waals surface area contributed by atoms with E-state index in [0.717, 1.165) is 4.90 Å². The van der Waals surface area contributed by atoms with Crippen LogP contribution >= 0.6 is 12.6 Å². The van der Waals surface area contributed by atoms with Crippen molar-refractivity contribution < 1.29 is 0 Å². The molecule has 0 spiro atoms. The van der Waals surface area contributed by atoms with E-state index in [1.54, 1.807) is 0 Å². The van der Waals surface area contributed by atoms with Crippen molar-refractivity contribution in [1.29, 1.82) is 0 Å². The third-order valence-corrected chi connectivity index (χ3v) is 3.10. The molecule has 0 fully saturated rings. The predicted octanol–water partition coefficient (Wildman–Crippen LogP) is 4.29. The van der Waals surface area contributed by atoms with E-state index in [-0.39, 0.29) is 0 Å². The largest absolute Gasteiger partial charge is 0.377 e. The van der Waals surface area contributed by atoms with Crippen molar-refractivity contribution in [3.63, 3.8) is 0 Å². The second kappa shape index (κ2) is 5.13. The van der Waals surface area contributed by atoms with Crippen LogP contribution in [0.2, 0.25) is 0 Å². The van der Waals surface area contributed by atoms with Crippen LogP contribution in [0.5, 0.6) is 0 Å². The minimum absolute atomic E-state index is 0.530. The Balaban J connectivity index is 3.48. The molecule has 0 atom stereocenters. The summed E-state index contributed by atoms with van der Waals surface area (Å²) in [6.45, 7) is 8.94. The summed E-state index contributed by atoms with van der Waals surface area (Å²) in [7, 11) is 4.23. The van der Waals surface area contributed by atoms with E-state index in [0.29, 0.717) is 11.8 Å². The van der Waals surface area contributed by atoms with Crippen LogP contribution in [-0.2, 0) is 0 Å². The fourth-order valence-corrected chi connectivity index (χ4v) is 2.34. The van der Waals surface area contributed by atoms with Gasteiger partial charge in [-0.3, -0.25) is 0 Å². The summed E-state index contributed by atoms with van der Waals surface area (Å²) in [5.41, 5.74) is 4.14. The Morgan fingerprint density at radius 1 is 0.938 bits per heavy atom. The van der Waals surface area contributed by atoms with Crippen molar-refractivity contribution in [3.05, 3.63) is 23.3 Å². The van der Waals surface area contributed by atoms with Crippen LogP contribution in [0, 0.1) is 0 Å². The third-order valence-electron chi connectivity index (χ3n) is 2.84. The molecular weight excluding hydrogens is 214 g/mol. The van der Waals surface area contributed by atoms with Crippen LogP contribution in [0.1, 0.15) is 50.7 Å². The topological polar surface area (TPSA) is 3.24 Å². The zero-order chi connectivity index (χ0) is 12.5. The molecule has 90 valence electrons. The van der Waals surface area contributed by atoms with Gasteiger partial charge in [-0.2, -0.15) is 0 Å². The molecule has 0 radical (unpaired) electrons. The second-order valence-corrected chi connectivity index (χ2v) is 5.69. The molecule has 0 heterocycles. The van der Waals surface area contributed by atoms with E-state index in [9.17, 15) is 0 Å². The zero-order valence-corrected chi connectivity index (χ0v) is 12.1. The van der Waals surface area contributed by atoms with Crippen LogP contribution in [0.15, 0.2) is 17.0 Å². The van der Waals surface area contributed by atoms with E-state index in [2.05, 4.69) is 71.5 Å². The highest BCUT2D eigenvalue weighted by Crippen LogP contribution is 2.36. The number of anilines is 1. The van der Waals surface area contributed by atoms with Crippen LogP contribution in [0.4, 0.5) is 5.69 Å². The fourth-order valence-electron chi connectivity index (χ4n) is 2.06. The Morgan fingerprint density at radius 2 is 1.31 bits per heavy atom. The average Bonchev–Trinajstić information content (AvgIpc) is 2.15. The van der Waals surface area contributed by atoms with E-state index in [1.807, 2.05) is 0 Å². The lowest BCUT2D eigenvalue weighted by Gasteiger charge is -2.26. The molecule has 0 bridgehead atoms. The van der Waals surface area contributed by atoms with Crippen molar-refractivity contribution in [2.24, 2.45) is 0 Å². The van der Waals surface area contributed by atoms with Gasteiger partial charge in [0.25, 0.3) is 0 Å². The van der Waals surface area contributed by atoms with Crippen LogP contribution in [0.3, 0.4) is 0 Å². The molecule has 0 aliphatic heterocycles. The van der Waals surface area contributed by atoms with Gasteiger partial charge in [0.1, 0.15) is 0 Å². The molecule has 0 aromatic heterocycles. The number of hydrogen-bond acceptors (Lipinski definition) is 2. The Kier molecular flexibility index (Phi) is 4.31. The normalized spacial score (nSPS) is 11.3. The Morgan fingerprint density at radius 3 is 1.56 bits per heavy atom. The van der Waals surface area contributed by atoms with E-state index < -0.39 is 0 Å². The first-order chi connectivity index (χ1) is 7.34. The Labute approximate surface area is 105 Å². The molecule has 1 rings (SSSR count). The SMILES string of the molecule is CC(C)c1cc(S)cc(C(C)C)c1N(C)C. The van der Waals surface area contributed by atoms with E-state index in [1.165, 1.54) is 16.8 Å². The first-order valence-electron chi connectivity index (χ1n) is 5.88. The van der Waals surface area contributed by atoms with E-state index >= 15 is 0 Å². The standard InChI is InChI=1S/C14H23NS/c1-9(2)12-7-11(16)8-13(10(3)4)14(12)15(5)6/h7-10,16H,1-6H3. The molecule has 2 heteroatoms. The quantitative estimate of drug-likeness (QED) is 0.768. The minimum atomic E-state index is 0.530. The Bertz CT molecular complexity index is 338. The molecule has 0 N–H and O–H groups in total. The minimum Gasteiger partial charge on any atom is -0.377 e. The highest BCUT2D eigenvalue weighted by molar-refractivity contribution is 7.80. The molecule has 0 amide bonds. The van der Waals surface area contributed by atoms with Gasteiger partial charge in [0, 0.05) is 24.7 Å². The number of thiol groups is 1. The van der Waals surface area contributed by atoms with Crippen LogP contribution in [0.25, 0.3) is 0 Å². The van der Waals surface area contributed by atoms with Gasteiger partial charge in [0.05, 0.1) is 0 Å². The van der Waals surface area contributed by atoms with Crippen molar-refractivity contribution >= 4 is 18.3 Å². The van der Waals surface area contributed by atoms with Crippen LogP contribution in [-0.4, -0.2) is 14.1 Å². The zero-order valence-electron chi connectivity index (χ0n) is 11.2. The number of benzene rings is 1. The number of hydrogen-bond donors (Lipinski definition) is 1. The maximum Gasteiger partial charge on any atom is 0.0432 e. The maximum absolute atomic E-state index is 4.51. The predicted molar refractivity (Wildman–Crippen MR) is 76.2 cm³/mol. The van der Waals surface area contributed by atoms with Gasteiger partial charge < -0.3 is 4.90 Å². The highest BCUT2D eigenvalue weighted by Gasteiger charge is 2.16. The highest BCUT2D eigenvalue weighted by atomic mass is 32.1. The lowest BCUT2D eigenvalue weighted by atomic mass is 9.92. The molecular formula is C14H23NS. The Hall–Kier alpha value is -0.630. The van der Waals surface area contributed by atoms with Crippen molar-refractivity contribution in [1.82, 2.24) is 0 Å². The maximum atomic E-state index is 4.51. The molecule has 0 saturated carbocycles. The molecule has 1 aromatic rings. The molecule has 0 aliphatic carbocycles. The van der Waals surface area contributed by atoms with Gasteiger partial charge >= 0.3 is 0 Å². The number of rotatable bonds is 3. The van der Waals surface area contributed by atoms with Crippen molar-refractivity contribution in [2.45, 2.75) is 44.4 Å². The molecule has 1 aromatic carbocycles. The van der Waals surface area contributed by atoms with Gasteiger partial charge in [-0.25, -0.2) is 0 Å². The van der Waals surface area contributed by atoms with Gasteiger partial charge in [-0.05, 0) is 35.1 Å². The molecule has 1 nitrogen and oxygen atoms in total. The summed E-state index contributed by atoms with van der Waals surface area (Å²) in [6.07, 6.45) is 0.